The van der Waals surface area contributed by atoms with Crippen molar-refractivity contribution < 1.29 is 0 Å². The molecule has 0 saturated carbocycles. The Hall–Kier alpha value is -1.35. The van der Waals surface area contributed by atoms with Gasteiger partial charge < -0.3 is 5.73 Å². The normalized spacial score (nSPS) is 12.1. The summed E-state index contributed by atoms with van der Waals surface area (Å²) in [4.78, 5) is 0. The van der Waals surface area contributed by atoms with Gasteiger partial charge in [0.15, 0.2) is 0 Å². The highest BCUT2D eigenvalue weighted by Gasteiger charge is 2.07. The van der Waals surface area contributed by atoms with Crippen LogP contribution >= 0.6 is 0 Å². The Bertz CT molecular complexity index is 389. The quantitative estimate of drug-likeness (QED) is 0.606. The summed E-state index contributed by atoms with van der Waals surface area (Å²) in [6.45, 7) is 8.22. The zero-order chi connectivity index (χ0) is 12.9. The van der Waals surface area contributed by atoms with Gasteiger partial charge in [0, 0.05) is 11.8 Å². The lowest BCUT2D eigenvalue weighted by atomic mass is 10.0. The number of nitrogens with one attached hydrogen (secondary N) is 1. The topological polar surface area (TPSA) is 50.4 Å². The molecule has 1 rings (SSSR count). The molecule has 3 nitrogen and oxygen atoms in total. The zero-order valence-electron chi connectivity index (χ0n) is 11.2. The van der Waals surface area contributed by atoms with Crippen LogP contribution in [0.25, 0.3) is 0 Å². The molecule has 0 amide bonds. The number of anilines is 1. The van der Waals surface area contributed by atoms with E-state index < -0.39 is 0 Å². The Labute approximate surface area is 104 Å². The van der Waals surface area contributed by atoms with Crippen molar-refractivity contribution in [3.63, 3.8) is 0 Å². The first kappa shape index (κ1) is 13.7. The number of benzene rings is 1. The van der Waals surface area contributed by atoms with Gasteiger partial charge in [-0.05, 0) is 52.2 Å². The molecular formula is C14H23N3. The van der Waals surface area contributed by atoms with Gasteiger partial charge in [-0.15, -0.1) is 0 Å². The van der Waals surface area contributed by atoms with Gasteiger partial charge >= 0.3 is 0 Å². The van der Waals surface area contributed by atoms with Crippen molar-refractivity contribution in [1.82, 2.24) is 0 Å². The van der Waals surface area contributed by atoms with Crippen LogP contribution in [0.1, 0.15) is 37.8 Å². The monoisotopic (exact) mass is 233 g/mol. The van der Waals surface area contributed by atoms with Crippen LogP contribution in [0.3, 0.4) is 0 Å². The lowest BCUT2D eigenvalue weighted by Gasteiger charge is -2.16. The molecule has 0 fully saturated rings. The Kier molecular flexibility index (Phi) is 4.70. The highest BCUT2D eigenvalue weighted by Crippen LogP contribution is 2.15. The number of hydrazone groups is 1. The van der Waals surface area contributed by atoms with E-state index in [1.165, 1.54) is 11.1 Å². The lowest BCUT2D eigenvalue weighted by molar-refractivity contribution is 0.489. The van der Waals surface area contributed by atoms with Crippen molar-refractivity contribution in [2.75, 3.05) is 5.43 Å². The van der Waals surface area contributed by atoms with E-state index in [4.69, 9.17) is 5.73 Å². The molecule has 0 aliphatic heterocycles. The van der Waals surface area contributed by atoms with Gasteiger partial charge in [-0.2, -0.15) is 5.10 Å². The Balaban J connectivity index is 2.42. The highest BCUT2D eigenvalue weighted by molar-refractivity contribution is 5.60. The fraction of sp³-hybridized carbons (Fsp3) is 0.500. The van der Waals surface area contributed by atoms with Gasteiger partial charge in [0.25, 0.3) is 0 Å². The molecule has 0 aliphatic rings. The second-order valence-electron chi connectivity index (χ2n) is 5.27. The van der Waals surface area contributed by atoms with E-state index in [2.05, 4.69) is 42.6 Å². The standard InChI is InChI=1S/C14H23N3/c1-11-6-7-13(12(2)10-11)17-16-9-5-8-14(3,4)15/h6-7,9-10,17H,5,8,15H2,1-4H3/b16-9+. The predicted octanol–water partition coefficient (Wildman–Crippen LogP) is 3.22. The van der Waals surface area contributed by atoms with E-state index in [1.54, 1.807) is 0 Å². The Morgan fingerprint density at radius 3 is 2.65 bits per heavy atom. The summed E-state index contributed by atoms with van der Waals surface area (Å²) in [5.74, 6) is 0. The lowest BCUT2D eigenvalue weighted by Crippen LogP contribution is -2.31. The third-order valence-electron chi connectivity index (χ3n) is 2.58. The van der Waals surface area contributed by atoms with Crippen LogP contribution in [0.5, 0.6) is 0 Å². The van der Waals surface area contributed by atoms with Crippen molar-refractivity contribution in [2.24, 2.45) is 10.8 Å². The number of rotatable bonds is 5. The molecule has 0 aliphatic carbocycles. The highest BCUT2D eigenvalue weighted by atomic mass is 15.3. The molecule has 1 aromatic rings. The van der Waals surface area contributed by atoms with Crippen LogP contribution in [0.15, 0.2) is 23.3 Å². The van der Waals surface area contributed by atoms with E-state index in [9.17, 15) is 0 Å². The second-order valence-corrected chi connectivity index (χ2v) is 5.27. The van der Waals surface area contributed by atoms with Crippen molar-refractivity contribution in [2.45, 2.75) is 46.1 Å². The number of hydrogen-bond acceptors (Lipinski definition) is 3. The minimum Gasteiger partial charge on any atom is -0.326 e. The molecular weight excluding hydrogens is 210 g/mol. The molecule has 0 heterocycles. The average molecular weight is 233 g/mol. The zero-order valence-corrected chi connectivity index (χ0v) is 11.2. The van der Waals surface area contributed by atoms with Gasteiger partial charge in [0.2, 0.25) is 0 Å². The van der Waals surface area contributed by atoms with Gasteiger partial charge in [-0.25, -0.2) is 0 Å². The van der Waals surface area contributed by atoms with Crippen LogP contribution in [0.2, 0.25) is 0 Å². The van der Waals surface area contributed by atoms with Crippen molar-refractivity contribution in [1.29, 1.82) is 0 Å². The molecule has 0 atom stereocenters. The summed E-state index contributed by atoms with van der Waals surface area (Å²) in [7, 11) is 0. The van der Waals surface area contributed by atoms with E-state index in [0.717, 1.165) is 18.5 Å². The Morgan fingerprint density at radius 1 is 1.35 bits per heavy atom. The summed E-state index contributed by atoms with van der Waals surface area (Å²) < 4.78 is 0. The first-order valence-corrected chi connectivity index (χ1v) is 6.02. The van der Waals surface area contributed by atoms with E-state index in [0.29, 0.717) is 0 Å². The minimum absolute atomic E-state index is 0.119. The summed E-state index contributed by atoms with van der Waals surface area (Å²) in [5, 5.41) is 4.20. The van der Waals surface area contributed by atoms with Crippen LogP contribution in [-0.4, -0.2) is 11.8 Å². The average Bonchev–Trinajstić information content (AvgIpc) is 2.18. The van der Waals surface area contributed by atoms with Crippen LogP contribution in [-0.2, 0) is 0 Å². The van der Waals surface area contributed by atoms with E-state index in [-0.39, 0.29) is 5.54 Å². The van der Waals surface area contributed by atoms with Crippen molar-refractivity contribution in [3.05, 3.63) is 29.3 Å². The van der Waals surface area contributed by atoms with Crippen molar-refractivity contribution in [3.8, 4) is 0 Å². The molecule has 3 heteroatoms. The van der Waals surface area contributed by atoms with Gasteiger partial charge in [0.1, 0.15) is 0 Å². The first-order valence-electron chi connectivity index (χ1n) is 6.02. The molecule has 0 radical (unpaired) electrons. The third kappa shape index (κ3) is 5.50. The number of aryl methyl sites for hydroxylation is 2. The van der Waals surface area contributed by atoms with Crippen molar-refractivity contribution >= 4 is 11.9 Å². The first-order chi connectivity index (χ1) is 7.88. The third-order valence-corrected chi connectivity index (χ3v) is 2.58. The van der Waals surface area contributed by atoms with Gasteiger partial charge in [-0.1, -0.05) is 17.7 Å². The summed E-state index contributed by atoms with van der Waals surface area (Å²) >= 11 is 0. The molecule has 0 aromatic heterocycles. The van der Waals surface area contributed by atoms with E-state index >= 15 is 0 Å². The number of hydrogen-bond donors (Lipinski definition) is 2. The SMILES string of the molecule is Cc1ccc(N/N=C/CCC(C)(C)N)c(C)c1. The molecule has 3 N–H and O–H groups in total. The predicted molar refractivity (Wildman–Crippen MR) is 75.5 cm³/mol. The molecule has 17 heavy (non-hydrogen) atoms. The minimum atomic E-state index is -0.119. The van der Waals surface area contributed by atoms with Gasteiger partial charge in [-0.3, -0.25) is 5.43 Å². The smallest absolute Gasteiger partial charge is 0.0591 e. The molecule has 0 spiro atoms. The number of nitrogens with two attached hydrogens (primary N) is 1. The van der Waals surface area contributed by atoms with Crippen LogP contribution < -0.4 is 11.2 Å². The molecule has 0 saturated heterocycles. The fourth-order valence-corrected chi connectivity index (χ4v) is 1.56. The Morgan fingerprint density at radius 2 is 2.06 bits per heavy atom. The fourth-order valence-electron chi connectivity index (χ4n) is 1.56. The number of nitrogens with zero attached hydrogens (tertiary/aromatic N) is 1. The van der Waals surface area contributed by atoms with Gasteiger partial charge in [0.05, 0.1) is 5.69 Å². The van der Waals surface area contributed by atoms with E-state index in [1.807, 2.05) is 20.1 Å². The maximum atomic E-state index is 5.89. The molecule has 0 unspecified atom stereocenters. The molecule has 0 bridgehead atoms. The summed E-state index contributed by atoms with van der Waals surface area (Å²) in [6, 6.07) is 6.27. The van der Waals surface area contributed by atoms with Crippen LogP contribution in [0, 0.1) is 13.8 Å². The summed E-state index contributed by atoms with van der Waals surface area (Å²) in [5.41, 5.74) is 12.4. The van der Waals surface area contributed by atoms with Crippen LogP contribution in [0.4, 0.5) is 5.69 Å². The maximum absolute atomic E-state index is 5.89. The second kappa shape index (κ2) is 5.82. The largest absolute Gasteiger partial charge is 0.326 e. The molecule has 94 valence electrons. The maximum Gasteiger partial charge on any atom is 0.0591 e. The summed E-state index contributed by atoms with van der Waals surface area (Å²) in [6.07, 6.45) is 3.71. The molecule has 1 aromatic carbocycles.